The van der Waals surface area contributed by atoms with E-state index in [1.807, 2.05) is 0 Å². The molecule has 2 N–H and O–H groups in total. The second-order valence-corrected chi connectivity index (χ2v) is 6.15. The summed E-state index contributed by atoms with van der Waals surface area (Å²) >= 11 is 0. The number of hydrogen-bond acceptors (Lipinski definition) is 6. The summed E-state index contributed by atoms with van der Waals surface area (Å²) < 4.78 is 10.6. The molecule has 6 nitrogen and oxygen atoms in total. The Kier molecular flexibility index (Phi) is 4.72. The lowest BCUT2D eigenvalue weighted by Crippen LogP contribution is -2.54. The van der Waals surface area contributed by atoms with E-state index in [0.29, 0.717) is 18.7 Å². The predicted octanol–water partition coefficient (Wildman–Crippen LogP) is 0.284. The maximum atomic E-state index is 12.5. The first-order valence-electron chi connectivity index (χ1n) is 7.42. The highest BCUT2D eigenvalue weighted by molar-refractivity contribution is 5.81. The Bertz CT molecular complexity index is 436. The molecule has 0 spiro atoms. The second-order valence-electron chi connectivity index (χ2n) is 6.15. The number of carbonyl (C=O) groups excluding carboxylic acids is 1. The lowest BCUT2D eigenvalue weighted by atomic mass is 9.85. The lowest BCUT2D eigenvalue weighted by Gasteiger charge is -2.34. The average Bonchev–Trinajstić information content (AvgIpc) is 3.01. The Hall–Kier alpha value is -0.950. The van der Waals surface area contributed by atoms with Gasteiger partial charge in [-0.15, -0.1) is 0 Å². The highest BCUT2D eigenvalue weighted by Crippen LogP contribution is 2.32. The quantitative estimate of drug-likeness (QED) is 0.710. The van der Waals surface area contributed by atoms with Crippen LogP contribution in [0.4, 0.5) is 0 Å². The van der Waals surface area contributed by atoms with Crippen molar-refractivity contribution >= 4 is 5.97 Å². The van der Waals surface area contributed by atoms with E-state index < -0.39 is 23.8 Å². The summed E-state index contributed by atoms with van der Waals surface area (Å²) in [7, 11) is 1.45. The molecule has 0 aromatic heterocycles. The van der Waals surface area contributed by atoms with Gasteiger partial charge in [0.05, 0.1) is 18.2 Å². The number of hydrogen-bond donors (Lipinski definition) is 2. The van der Waals surface area contributed by atoms with E-state index in [1.54, 1.807) is 26.8 Å². The second kappa shape index (κ2) is 6.04. The number of aliphatic hydroxyl groups excluding tert-OH is 1. The zero-order chi connectivity index (χ0) is 15.8. The Morgan fingerprint density at radius 2 is 2.14 bits per heavy atom. The van der Waals surface area contributed by atoms with Crippen molar-refractivity contribution in [2.75, 3.05) is 20.2 Å². The molecule has 21 heavy (non-hydrogen) atoms. The summed E-state index contributed by atoms with van der Waals surface area (Å²) in [5.41, 5.74) is -1.72. The molecule has 6 heteroatoms. The largest absolute Gasteiger partial charge is 0.427 e. The molecular weight excluding hydrogens is 274 g/mol. The van der Waals surface area contributed by atoms with Crippen LogP contribution in [-0.2, 0) is 14.3 Å². The first-order valence-corrected chi connectivity index (χ1v) is 7.42. The Labute approximate surface area is 125 Å². The number of methoxy groups -OCH3 is 1. The molecule has 0 amide bonds. The van der Waals surface area contributed by atoms with Crippen LogP contribution < -0.4 is 0 Å². The van der Waals surface area contributed by atoms with Crippen molar-refractivity contribution in [2.45, 2.75) is 51.0 Å². The standard InChI is InChI=1S/C15H25NO5/c1-9(2)15(19,10(3)20-4)14(18)21-12-6-8-16-7-5-11(17)13(12)16/h6,9-11,13,17,19H,5,7-8H2,1-4H3/t10-,11-,13-,15+/m0/s1. The molecule has 0 aliphatic carbocycles. The van der Waals surface area contributed by atoms with Crippen LogP contribution in [0.2, 0.25) is 0 Å². The maximum Gasteiger partial charge on any atom is 0.346 e. The summed E-state index contributed by atoms with van der Waals surface area (Å²) in [5.74, 6) is -0.641. The fourth-order valence-electron chi connectivity index (χ4n) is 3.08. The van der Waals surface area contributed by atoms with Gasteiger partial charge in [-0.25, -0.2) is 4.79 Å². The Morgan fingerprint density at radius 3 is 2.71 bits per heavy atom. The number of esters is 1. The van der Waals surface area contributed by atoms with Crippen molar-refractivity contribution in [3.8, 4) is 0 Å². The summed E-state index contributed by atoms with van der Waals surface area (Å²) in [4.78, 5) is 14.5. The molecule has 4 atom stereocenters. The summed E-state index contributed by atoms with van der Waals surface area (Å²) in [6, 6.07) is -0.275. The van der Waals surface area contributed by atoms with E-state index in [4.69, 9.17) is 9.47 Å². The molecule has 2 aliphatic heterocycles. The minimum Gasteiger partial charge on any atom is -0.427 e. The molecule has 0 bridgehead atoms. The molecule has 2 rings (SSSR count). The number of carbonyl (C=O) groups is 1. The highest BCUT2D eigenvalue weighted by atomic mass is 16.6. The zero-order valence-electron chi connectivity index (χ0n) is 13.1. The molecule has 2 aliphatic rings. The van der Waals surface area contributed by atoms with Gasteiger partial charge in [0.25, 0.3) is 0 Å². The fourth-order valence-corrected chi connectivity index (χ4v) is 3.08. The van der Waals surface area contributed by atoms with Gasteiger partial charge in [0.1, 0.15) is 5.76 Å². The van der Waals surface area contributed by atoms with Crippen LogP contribution in [0.3, 0.4) is 0 Å². The van der Waals surface area contributed by atoms with Crippen molar-refractivity contribution < 1.29 is 24.5 Å². The maximum absolute atomic E-state index is 12.5. The Morgan fingerprint density at radius 1 is 1.48 bits per heavy atom. The summed E-state index contributed by atoms with van der Waals surface area (Å²) in [5, 5.41) is 20.7. The first-order chi connectivity index (χ1) is 9.82. The van der Waals surface area contributed by atoms with Crippen LogP contribution in [0.5, 0.6) is 0 Å². The van der Waals surface area contributed by atoms with E-state index in [9.17, 15) is 15.0 Å². The highest BCUT2D eigenvalue weighted by Gasteiger charge is 2.49. The van der Waals surface area contributed by atoms with Gasteiger partial charge >= 0.3 is 5.97 Å². The predicted molar refractivity (Wildman–Crippen MR) is 76.4 cm³/mol. The molecule has 0 aromatic carbocycles. The molecule has 0 saturated carbocycles. The minimum absolute atomic E-state index is 0.275. The molecule has 0 unspecified atom stereocenters. The third kappa shape index (κ3) is 2.73. The minimum atomic E-state index is -1.72. The molecular formula is C15H25NO5. The van der Waals surface area contributed by atoms with E-state index in [0.717, 1.165) is 6.54 Å². The Balaban J connectivity index is 2.13. The van der Waals surface area contributed by atoms with Crippen LogP contribution in [0, 0.1) is 5.92 Å². The first kappa shape index (κ1) is 16.4. The third-order valence-electron chi connectivity index (χ3n) is 4.68. The SMILES string of the molecule is CO[C@@H](C)[C@@](O)(C(=O)OC1=CCN2CC[C@H](O)[C@@H]12)C(C)C. The van der Waals surface area contributed by atoms with E-state index in [2.05, 4.69) is 4.90 Å². The zero-order valence-corrected chi connectivity index (χ0v) is 13.1. The van der Waals surface area contributed by atoms with Crippen LogP contribution in [0.1, 0.15) is 27.2 Å². The van der Waals surface area contributed by atoms with Crippen molar-refractivity contribution in [1.29, 1.82) is 0 Å². The van der Waals surface area contributed by atoms with E-state index in [1.165, 1.54) is 7.11 Å². The summed E-state index contributed by atoms with van der Waals surface area (Å²) in [6.07, 6.45) is 1.25. The van der Waals surface area contributed by atoms with Gasteiger partial charge in [-0.05, 0) is 25.3 Å². The smallest absolute Gasteiger partial charge is 0.346 e. The molecule has 120 valence electrons. The van der Waals surface area contributed by atoms with Crippen molar-refractivity contribution in [2.24, 2.45) is 5.92 Å². The number of aliphatic hydroxyl groups is 2. The monoisotopic (exact) mass is 299 g/mol. The van der Waals surface area contributed by atoms with Crippen molar-refractivity contribution in [3.63, 3.8) is 0 Å². The molecule has 1 saturated heterocycles. The van der Waals surface area contributed by atoms with Gasteiger partial charge in [0, 0.05) is 20.2 Å². The average molecular weight is 299 g/mol. The van der Waals surface area contributed by atoms with Gasteiger partial charge < -0.3 is 19.7 Å². The van der Waals surface area contributed by atoms with Crippen LogP contribution in [0.15, 0.2) is 11.8 Å². The summed E-state index contributed by atoms with van der Waals surface area (Å²) in [6.45, 7) is 6.57. The van der Waals surface area contributed by atoms with Crippen LogP contribution in [-0.4, -0.2) is 65.1 Å². The van der Waals surface area contributed by atoms with Gasteiger partial charge in [-0.1, -0.05) is 13.8 Å². The molecule has 1 fully saturated rings. The molecule has 0 aromatic rings. The van der Waals surface area contributed by atoms with Crippen LogP contribution in [0.25, 0.3) is 0 Å². The number of fused-ring (bicyclic) bond motifs is 1. The van der Waals surface area contributed by atoms with E-state index >= 15 is 0 Å². The molecule has 2 heterocycles. The molecule has 0 radical (unpaired) electrons. The van der Waals surface area contributed by atoms with E-state index in [-0.39, 0.29) is 12.0 Å². The third-order valence-corrected chi connectivity index (χ3v) is 4.68. The number of rotatable bonds is 5. The normalized spacial score (nSPS) is 30.0. The van der Waals surface area contributed by atoms with Crippen molar-refractivity contribution in [3.05, 3.63) is 11.8 Å². The van der Waals surface area contributed by atoms with Crippen molar-refractivity contribution in [1.82, 2.24) is 4.90 Å². The number of ether oxygens (including phenoxy) is 2. The van der Waals surface area contributed by atoms with Crippen LogP contribution >= 0.6 is 0 Å². The van der Waals surface area contributed by atoms with Gasteiger partial charge in [0.15, 0.2) is 5.60 Å². The van der Waals surface area contributed by atoms with Gasteiger partial charge in [-0.2, -0.15) is 0 Å². The van der Waals surface area contributed by atoms with Gasteiger partial charge in [-0.3, -0.25) is 4.90 Å². The van der Waals surface area contributed by atoms with Gasteiger partial charge in [0.2, 0.25) is 0 Å². The topological polar surface area (TPSA) is 79.2 Å². The number of nitrogens with zero attached hydrogens (tertiary/aromatic N) is 1. The fraction of sp³-hybridized carbons (Fsp3) is 0.800. The lowest BCUT2D eigenvalue weighted by molar-refractivity contribution is -0.184.